The van der Waals surface area contributed by atoms with Crippen LogP contribution >= 0.6 is 0 Å². The summed E-state index contributed by atoms with van der Waals surface area (Å²) >= 11 is 0. The molecule has 100 valence electrons. The summed E-state index contributed by atoms with van der Waals surface area (Å²) in [7, 11) is 3.06. The van der Waals surface area contributed by atoms with Crippen LogP contribution in [-0.4, -0.2) is 25.5 Å². The molecule has 0 aliphatic heterocycles. The lowest BCUT2D eigenvalue weighted by Crippen LogP contribution is -2.47. The van der Waals surface area contributed by atoms with Gasteiger partial charge in [0.15, 0.2) is 5.78 Å². The highest BCUT2D eigenvalue weighted by molar-refractivity contribution is 6.07. The van der Waals surface area contributed by atoms with Gasteiger partial charge in [-0.2, -0.15) is 0 Å². The van der Waals surface area contributed by atoms with Crippen LogP contribution in [0.5, 0.6) is 11.5 Å². The number of methoxy groups -OCH3 is 2. The van der Waals surface area contributed by atoms with E-state index in [-0.39, 0.29) is 5.78 Å². The Balaban J connectivity index is 3.35. The number of hydrogen-bond acceptors (Lipinski definition) is 4. The van der Waals surface area contributed by atoms with Gasteiger partial charge in [0.2, 0.25) is 0 Å². The van der Waals surface area contributed by atoms with Gasteiger partial charge in [0.25, 0.3) is 0 Å². The Morgan fingerprint density at radius 1 is 1.17 bits per heavy atom. The van der Waals surface area contributed by atoms with Crippen LogP contribution in [0.3, 0.4) is 0 Å². The maximum absolute atomic E-state index is 12.6. The van der Waals surface area contributed by atoms with E-state index in [2.05, 4.69) is 0 Å². The predicted molar refractivity (Wildman–Crippen MR) is 71.4 cm³/mol. The van der Waals surface area contributed by atoms with E-state index in [9.17, 15) is 4.79 Å². The first-order valence-corrected chi connectivity index (χ1v) is 6.08. The van der Waals surface area contributed by atoms with Crippen LogP contribution in [0, 0.1) is 0 Å². The summed E-state index contributed by atoms with van der Waals surface area (Å²) in [5.41, 5.74) is 5.71. The van der Waals surface area contributed by atoms with Crippen LogP contribution in [0.15, 0.2) is 18.2 Å². The Kier molecular flexibility index (Phi) is 4.73. The number of benzene rings is 1. The molecule has 0 radical (unpaired) electrons. The molecule has 0 bridgehead atoms. The molecule has 1 aromatic rings. The maximum atomic E-state index is 12.6. The zero-order valence-electron chi connectivity index (χ0n) is 11.4. The first-order valence-electron chi connectivity index (χ1n) is 6.08. The summed E-state index contributed by atoms with van der Waals surface area (Å²) in [4.78, 5) is 12.6. The van der Waals surface area contributed by atoms with Crippen molar-refractivity contribution in [3.63, 3.8) is 0 Å². The predicted octanol–water partition coefficient (Wildman–Crippen LogP) is 2.40. The van der Waals surface area contributed by atoms with Crippen molar-refractivity contribution in [1.29, 1.82) is 0 Å². The van der Waals surface area contributed by atoms with Crippen LogP contribution in [0.2, 0.25) is 0 Å². The number of ether oxygens (including phenoxy) is 2. The van der Waals surface area contributed by atoms with Crippen LogP contribution < -0.4 is 15.2 Å². The fourth-order valence-corrected chi connectivity index (χ4v) is 1.90. The lowest BCUT2D eigenvalue weighted by Gasteiger charge is -2.26. The minimum atomic E-state index is -0.873. The van der Waals surface area contributed by atoms with Crippen molar-refractivity contribution in [2.45, 2.75) is 32.2 Å². The van der Waals surface area contributed by atoms with E-state index in [0.717, 1.165) is 0 Å². The third-order valence-electron chi connectivity index (χ3n) is 3.37. The Hall–Kier alpha value is -1.55. The van der Waals surface area contributed by atoms with Crippen molar-refractivity contribution >= 4 is 5.78 Å². The van der Waals surface area contributed by atoms with E-state index < -0.39 is 5.54 Å². The lowest BCUT2D eigenvalue weighted by molar-refractivity contribution is 0.0873. The zero-order valence-corrected chi connectivity index (χ0v) is 11.4. The average molecular weight is 251 g/mol. The first kappa shape index (κ1) is 14.5. The number of Topliss-reactive ketones (excluding diaryl/α,β-unsaturated/α-hetero) is 1. The van der Waals surface area contributed by atoms with E-state index in [4.69, 9.17) is 15.2 Å². The Labute approximate surface area is 108 Å². The minimum absolute atomic E-state index is 0.137. The molecule has 0 aromatic heterocycles. The second kappa shape index (κ2) is 5.87. The van der Waals surface area contributed by atoms with Crippen molar-refractivity contribution < 1.29 is 14.3 Å². The van der Waals surface area contributed by atoms with Crippen LogP contribution in [0.25, 0.3) is 0 Å². The Morgan fingerprint density at radius 2 is 1.61 bits per heavy atom. The molecule has 0 aliphatic carbocycles. The van der Waals surface area contributed by atoms with Gasteiger partial charge in [-0.15, -0.1) is 0 Å². The third-order valence-corrected chi connectivity index (χ3v) is 3.37. The van der Waals surface area contributed by atoms with E-state index in [0.29, 0.717) is 29.9 Å². The summed E-state index contributed by atoms with van der Waals surface area (Å²) in [5, 5.41) is 0. The zero-order chi connectivity index (χ0) is 13.8. The Morgan fingerprint density at radius 3 is 1.94 bits per heavy atom. The molecule has 1 rings (SSSR count). The molecule has 4 nitrogen and oxygen atoms in total. The van der Waals surface area contributed by atoms with E-state index in [1.807, 2.05) is 13.8 Å². The molecular weight excluding hydrogens is 230 g/mol. The fourth-order valence-electron chi connectivity index (χ4n) is 1.90. The van der Waals surface area contributed by atoms with Crippen LogP contribution in [-0.2, 0) is 0 Å². The van der Waals surface area contributed by atoms with E-state index in [1.54, 1.807) is 18.2 Å². The fraction of sp³-hybridized carbons (Fsp3) is 0.500. The highest BCUT2D eigenvalue weighted by Crippen LogP contribution is 2.32. The molecule has 0 heterocycles. The highest BCUT2D eigenvalue weighted by Gasteiger charge is 2.34. The van der Waals surface area contributed by atoms with Crippen LogP contribution in [0.4, 0.5) is 0 Å². The Bertz CT molecular complexity index is 403. The van der Waals surface area contributed by atoms with E-state index >= 15 is 0 Å². The van der Waals surface area contributed by atoms with Crippen molar-refractivity contribution in [3.05, 3.63) is 23.8 Å². The van der Waals surface area contributed by atoms with Crippen molar-refractivity contribution in [1.82, 2.24) is 0 Å². The maximum Gasteiger partial charge on any atom is 0.190 e. The number of nitrogens with two attached hydrogens (primary N) is 1. The quantitative estimate of drug-likeness (QED) is 0.789. The third kappa shape index (κ3) is 2.48. The highest BCUT2D eigenvalue weighted by atomic mass is 16.5. The molecule has 2 N–H and O–H groups in total. The number of ketones is 1. The molecule has 1 aromatic carbocycles. The van der Waals surface area contributed by atoms with Gasteiger partial charge >= 0.3 is 0 Å². The van der Waals surface area contributed by atoms with E-state index in [1.165, 1.54) is 14.2 Å². The number of carbonyl (C=O) groups excluding carboxylic acids is 1. The second-order valence-corrected chi connectivity index (χ2v) is 4.23. The normalized spacial score (nSPS) is 11.2. The molecular formula is C14H21NO3. The standard InChI is InChI=1S/C14H21NO3/c1-5-14(15,6-2)13(16)12-10(17-3)8-7-9-11(12)18-4/h7-9H,5-6,15H2,1-4H3. The molecule has 0 unspecified atom stereocenters. The first-order chi connectivity index (χ1) is 8.53. The molecule has 0 fully saturated rings. The molecule has 0 atom stereocenters. The number of hydrogen-bond donors (Lipinski definition) is 1. The largest absolute Gasteiger partial charge is 0.496 e. The molecule has 4 heteroatoms. The summed E-state index contributed by atoms with van der Waals surface area (Å²) in [6, 6.07) is 5.26. The number of rotatable bonds is 6. The van der Waals surface area contributed by atoms with Crippen molar-refractivity contribution in [3.8, 4) is 11.5 Å². The second-order valence-electron chi connectivity index (χ2n) is 4.23. The van der Waals surface area contributed by atoms with Gasteiger partial charge in [-0.1, -0.05) is 19.9 Å². The summed E-state index contributed by atoms with van der Waals surface area (Å²) in [5.74, 6) is 0.856. The monoisotopic (exact) mass is 251 g/mol. The van der Waals surface area contributed by atoms with Gasteiger partial charge < -0.3 is 15.2 Å². The molecule has 0 aliphatic rings. The van der Waals surface area contributed by atoms with Gasteiger partial charge in [-0.05, 0) is 25.0 Å². The topological polar surface area (TPSA) is 61.6 Å². The molecule has 0 saturated carbocycles. The SMILES string of the molecule is CCC(N)(CC)C(=O)c1c(OC)cccc1OC. The molecule has 0 spiro atoms. The van der Waals surface area contributed by atoms with Crippen molar-refractivity contribution in [2.24, 2.45) is 5.73 Å². The van der Waals surface area contributed by atoms with Gasteiger partial charge in [-0.3, -0.25) is 4.79 Å². The molecule has 0 saturated heterocycles. The molecule has 0 amide bonds. The van der Waals surface area contributed by atoms with Gasteiger partial charge in [0, 0.05) is 0 Å². The summed E-state index contributed by atoms with van der Waals surface area (Å²) in [6.45, 7) is 3.81. The van der Waals surface area contributed by atoms with Crippen molar-refractivity contribution in [2.75, 3.05) is 14.2 Å². The smallest absolute Gasteiger partial charge is 0.190 e. The van der Waals surface area contributed by atoms with Gasteiger partial charge in [-0.25, -0.2) is 0 Å². The van der Waals surface area contributed by atoms with Crippen LogP contribution in [0.1, 0.15) is 37.0 Å². The number of carbonyl (C=O) groups is 1. The van der Waals surface area contributed by atoms with Gasteiger partial charge in [0.1, 0.15) is 17.1 Å². The average Bonchev–Trinajstić information content (AvgIpc) is 2.44. The minimum Gasteiger partial charge on any atom is -0.496 e. The lowest BCUT2D eigenvalue weighted by atomic mass is 9.85. The van der Waals surface area contributed by atoms with Gasteiger partial charge in [0.05, 0.1) is 19.8 Å². The molecule has 18 heavy (non-hydrogen) atoms. The summed E-state index contributed by atoms with van der Waals surface area (Å²) < 4.78 is 10.5. The summed E-state index contributed by atoms with van der Waals surface area (Å²) in [6.07, 6.45) is 1.15.